The molecule has 2 amide bonds. The lowest BCUT2D eigenvalue weighted by Crippen LogP contribution is -2.49. The van der Waals surface area contributed by atoms with E-state index in [-0.39, 0.29) is 31.3 Å². The molecule has 9 heteroatoms. The molecular formula is C27H30ClN3O4S. The number of amides is 2. The fraction of sp³-hybridized carbons (Fsp3) is 0.333. The lowest BCUT2D eigenvalue weighted by Gasteiger charge is -2.31. The van der Waals surface area contributed by atoms with Crippen LogP contribution in [0.15, 0.2) is 65.6 Å². The maximum absolute atomic E-state index is 13.4. The summed E-state index contributed by atoms with van der Waals surface area (Å²) in [6, 6.07) is 17.3. The molecule has 3 aromatic carbocycles. The van der Waals surface area contributed by atoms with Crippen molar-refractivity contribution >= 4 is 49.9 Å². The molecule has 0 unspecified atom stereocenters. The summed E-state index contributed by atoms with van der Waals surface area (Å²) in [7, 11) is -3.68. The van der Waals surface area contributed by atoms with Crippen LogP contribution >= 0.6 is 11.6 Å². The number of hydrogen-bond acceptors (Lipinski definition) is 4. The fourth-order valence-corrected chi connectivity index (χ4v) is 6.59. The molecule has 4 rings (SSSR count). The minimum atomic E-state index is -3.68. The fourth-order valence-electron chi connectivity index (χ4n) is 4.71. The first kappa shape index (κ1) is 26.0. The Labute approximate surface area is 217 Å². The van der Waals surface area contributed by atoms with E-state index in [9.17, 15) is 18.0 Å². The predicted molar refractivity (Wildman–Crippen MR) is 142 cm³/mol. The van der Waals surface area contributed by atoms with Crippen molar-refractivity contribution in [3.8, 4) is 0 Å². The Kier molecular flexibility index (Phi) is 7.85. The van der Waals surface area contributed by atoms with E-state index in [4.69, 9.17) is 11.6 Å². The summed E-state index contributed by atoms with van der Waals surface area (Å²) in [4.78, 5) is 28.1. The molecule has 1 atom stereocenters. The van der Waals surface area contributed by atoms with Crippen LogP contribution in [0.1, 0.15) is 38.7 Å². The smallest absolute Gasteiger partial charge is 0.265 e. The number of carbonyl (C=O) groups excluding carboxylic acids is 2. The van der Waals surface area contributed by atoms with Crippen molar-refractivity contribution in [2.45, 2.75) is 50.6 Å². The first-order chi connectivity index (χ1) is 17.3. The van der Waals surface area contributed by atoms with Gasteiger partial charge in [0, 0.05) is 36.5 Å². The molecular weight excluding hydrogens is 498 g/mol. The van der Waals surface area contributed by atoms with Gasteiger partial charge in [-0.2, -0.15) is 0 Å². The Hall–Kier alpha value is -3.10. The molecule has 0 radical (unpaired) electrons. The molecule has 190 valence electrons. The Bertz CT molecular complexity index is 1370. The number of benzene rings is 3. The average Bonchev–Trinajstić information content (AvgIpc) is 3.08. The quantitative estimate of drug-likeness (QED) is 0.413. The van der Waals surface area contributed by atoms with Crippen molar-refractivity contribution in [2.75, 3.05) is 17.4 Å². The molecule has 0 aliphatic carbocycles. The third kappa shape index (κ3) is 5.06. The van der Waals surface area contributed by atoms with Gasteiger partial charge in [-0.05, 0) is 55.0 Å². The van der Waals surface area contributed by atoms with Gasteiger partial charge in [0.1, 0.15) is 6.04 Å². The molecule has 1 heterocycles. The van der Waals surface area contributed by atoms with Crippen LogP contribution in [0.2, 0.25) is 5.02 Å². The van der Waals surface area contributed by atoms with Crippen LogP contribution in [0.5, 0.6) is 0 Å². The SMILES string of the molecule is CCNC(=O)[C@@H](CC)N(Cc1ccc(Cl)cc1)C(=O)CCCN1c2cccc3cccc(c23)S1(=O)=O. The minimum Gasteiger partial charge on any atom is -0.355 e. The van der Waals surface area contributed by atoms with Crippen molar-refractivity contribution in [1.82, 2.24) is 10.2 Å². The van der Waals surface area contributed by atoms with Crippen molar-refractivity contribution in [3.63, 3.8) is 0 Å². The summed E-state index contributed by atoms with van der Waals surface area (Å²) in [5.74, 6) is -0.401. The Morgan fingerprint density at radius 3 is 2.39 bits per heavy atom. The Morgan fingerprint density at radius 1 is 1.03 bits per heavy atom. The summed E-state index contributed by atoms with van der Waals surface area (Å²) in [5.41, 5.74) is 1.50. The molecule has 1 N–H and O–H groups in total. The van der Waals surface area contributed by atoms with Gasteiger partial charge in [0.05, 0.1) is 10.6 Å². The van der Waals surface area contributed by atoms with Crippen LogP contribution in [0, 0.1) is 0 Å². The van der Waals surface area contributed by atoms with Gasteiger partial charge < -0.3 is 10.2 Å². The first-order valence-corrected chi connectivity index (χ1v) is 14.0. The van der Waals surface area contributed by atoms with Crippen molar-refractivity contribution in [3.05, 3.63) is 71.2 Å². The molecule has 3 aromatic rings. The number of halogens is 1. The molecule has 36 heavy (non-hydrogen) atoms. The second-order valence-electron chi connectivity index (χ2n) is 8.78. The number of rotatable bonds is 10. The van der Waals surface area contributed by atoms with Gasteiger partial charge in [-0.3, -0.25) is 13.9 Å². The van der Waals surface area contributed by atoms with Gasteiger partial charge >= 0.3 is 0 Å². The van der Waals surface area contributed by atoms with Crippen LogP contribution in [-0.4, -0.2) is 44.3 Å². The number of likely N-dealkylation sites (N-methyl/N-ethyl adjacent to an activating group) is 1. The van der Waals surface area contributed by atoms with E-state index >= 15 is 0 Å². The summed E-state index contributed by atoms with van der Waals surface area (Å²) < 4.78 is 27.8. The number of hydrogen-bond donors (Lipinski definition) is 1. The second-order valence-corrected chi connectivity index (χ2v) is 11.0. The Morgan fingerprint density at radius 2 is 1.72 bits per heavy atom. The highest BCUT2D eigenvalue weighted by atomic mass is 35.5. The van der Waals surface area contributed by atoms with Crippen LogP contribution < -0.4 is 9.62 Å². The molecule has 0 fully saturated rings. The molecule has 1 aliphatic rings. The van der Waals surface area contributed by atoms with Crippen molar-refractivity contribution in [2.24, 2.45) is 0 Å². The monoisotopic (exact) mass is 527 g/mol. The highest BCUT2D eigenvalue weighted by molar-refractivity contribution is 7.93. The lowest BCUT2D eigenvalue weighted by molar-refractivity contribution is -0.141. The van der Waals surface area contributed by atoms with E-state index in [0.29, 0.717) is 35.0 Å². The molecule has 1 aliphatic heterocycles. The number of carbonyl (C=O) groups is 2. The maximum atomic E-state index is 13.4. The third-order valence-electron chi connectivity index (χ3n) is 6.44. The van der Waals surface area contributed by atoms with Crippen LogP contribution in [-0.2, 0) is 26.2 Å². The topological polar surface area (TPSA) is 86.8 Å². The molecule has 0 aromatic heterocycles. The molecule has 7 nitrogen and oxygen atoms in total. The molecule has 0 spiro atoms. The third-order valence-corrected chi connectivity index (χ3v) is 8.54. The lowest BCUT2D eigenvalue weighted by atomic mass is 10.1. The van der Waals surface area contributed by atoms with Gasteiger partial charge in [-0.1, -0.05) is 54.9 Å². The standard InChI is InChI=1S/C27H30ClN3O4S/c1-3-22(27(33)29-4-2)30(18-19-13-15-21(28)16-14-19)25(32)12-7-17-31-23-10-5-8-20-9-6-11-24(26(20)23)36(31,34)35/h5-6,8-11,13-16,22H,3-4,7,12,17-18H2,1-2H3,(H,29,33)/t22-/m1/s1. The van der Waals surface area contributed by atoms with Gasteiger partial charge in [-0.15, -0.1) is 0 Å². The maximum Gasteiger partial charge on any atom is 0.265 e. The summed E-state index contributed by atoms with van der Waals surface area (Å²) in [6.07, 6.45) is 0.899. The van der Waals surface area contributed by atoms with E-state index in [1.807, 2.05) is 44.2 Å². The number of nitrogens with zero attached hydrogens (tertiary/aromatic N) is 2. The highest BCUT2D eigenvalue weighted by Gasteiger charge is 2.35. The molecule has 0 saturated heterocycles. The number of anilines is 1. The summed E-state index contributed by atoms with van der Waals surface area (Å²) in [5, 5.41) is 5.00. The second kappa shape index (κ2) is 10.9. The summed E-state index contributed by atoms with van der Waals surface area (Å²) in [6.45, 7) is 4.62. The Balaban J connectivity index is 1.51. The zero-order chi connectivity index (χ0) is 25.9. The van der Waals surface area contributed by atoms with Crippen LogP contribution in [0.3, 0.4) is 0 Å². The van der Waals surface area contributed by atoms with Gasteiger partial charge in [-0.25, -0.2) is 8.42 Å². The number of nitrogens with one attached hydrogen (secondary N) is 1. The average molecular weight is 528 g/mol. The van der Waals surface area contributed by atoms with Gasteiger partial charge in [0.15, 0.2) is 0 Å². The minimum absolute atomic E-state index is 0.113. The predicted octanol–water partition coefficient (Wildman–Crippen LogP) is 4.73. The van der Waals surface area contributed by atoms with E-state index < -0.39 is 16.1 Å². The highest BCUT2D eigenvalue weighted by Crippen LogP contribution is 2.42. The number of sulfonamides is 1. The van der Waals surface area contributed by atoms with Crippen LogP contribution in [0.25, 0.3) is 10.8 Å². The first-order valence-electron chi connectivity index (χ1n) is 12.1. The van der Waals surface area contributed by atoms with Crippen molar-refractivity contribution in [1.29, 1.82) is 0 Å². The normalized spacial score (nSPS) is 14.6. The largest absolute Gasteiger partial charge is 0.355 e. The van der Waals surface area contributed by atoms with Gasteiger partial charge in [0.25, 0.3) is 10.0 Å². The zero-order valence-electron chi connectivity index (χ0n) is 20.4. The zero-order valence-corrected chi connectivity index (χ0v) is 22.0. The van der Waals surface area contributed by atoms with E-state index in [1.54, 1.807) is 35.2 Å². The van der Waals surface area contributed by atoms with Crippen LogP contribution in [0.4, 0.5) is 5.69 Å². The van der Waals surface area contributed by atoms with E-state index in [2.05, 4.69) is 5.32 Å². The molecule has 0 bridgehead atoms. The van der Waals surface area contributed by atoms with E-state index in [0.717, 1.165) is 16.3 Å². The summed E-state index contributed by atoms with van der Waals surface area (Å²) >= 11 is 6.01. The van der Waals surface area contributed by atoms with Gasteiger partial charge in [0.2, 0.25) is 11.8 Å². The van der Waals surface area contributed by atoms with Crippen molar-refractivity contribution < 1.29 is 18.0 Å². The molecule has 0 saturated carbocycles. The van der Waals surface area contributed by atoms with E-state index in [1.165, 1.54) is 4.31 Å².